The van der Waals surface area contributed by atoms with Crippen LogP contribution in [0.2, 0.25) is 0 Å². The maximum absolute atomic E-state index is 13.7. The van der Waals surface area contributed by atoms with Crippen LogP contribution in [0.15, 0.2) is 72.8 Å². The lowest BCUT2D eigenvalue weighted by atomic mass is 9.94. The first-order valence-electron chi connectivity index (χ1n) is 11.6. The summed E-state index contributed by atoms with van der Waals surface area (Å²) in [6, 6.07) is 23.3. The maximum Gasteiger partial charge on any atom is 0.258 e. The van der Waals surface area contributed by atoms with Crippen LogP contribution in [-0.4, -0.2) is 57.8 Å². The zero-order valence-corrected chi connectivity index (χ0v) is 20.1. The third-order valence-corrected chi connectivity index (χ3v) is 6.24. The first-order chi connectivity index (χ1) is 16.6. The SMILES string of the molecule is COc1ccc(C(=O)N2c3ccccc3CCC2CN(C)CCOc2ccccc2OC)cc1. The van der Waals surface area contributed by atoms with Gasteiger partial charge in [0.2, 0.25) is 0 Å². The van der Waals surface area contributed by atoms with Crippen LogP contribution in [0.4, 0.5) is 5.69 Å². The Labute approximate surface area is 201 Å². The molecule has 0 spiro atoms. The van der Waals surface area contributed by atoms with Crippen LogP contribution >= 0.6 is 0 Å². The fourth-order valence-electron chi connectivity index (χ4n) is 4.43. The van der Waals surface area contributed by atoms with Gasteiger partial charge in [0.1, 0.15) is 12.4 Å². The molecule has 6 nitrogen and oxygen atoms in total. The smallest absolute Gasteiger partial charge is 0.258 e. The molecule has 0 fully saturated rings. The van der Waals surface area contributed by atoms with E-state index in [9.17, 15) is 4.79 Å². The summed E-state index contributed by atoms with van der Waals surface area (Å²) in [7, 11) is 5.34. The van der Waals surface area contributed by atoms with Gasteiger partial charge in [0.25, 0.3) is 5.91 Å². The summed E-state index contributed by atoms with van der Waals surface area (Å²) in [6.07, 6.45) is 1.87. The van der Waals surface area contributed by atoms with E-state index >= 15 is 0 Å². The van der Waals surface area contributed by atoms with Crippen LogP contribution in [0.25, 0.3) is 0 Å². The van der Waals surface area contributed by atoms with Crippen molar-refractivity contribution in [2.24, 2.45) is 0 Å². The average molecular weight is 461 g/mol. The molecule has 6 heteroatoms. The van der Waals surface area contributed by atoms with Crippen molar-refractivity contribution in [2.75, 3.05) is 45.9 Å². The van der Waals surface area contributed by atoms with E-state index in [0.29, 0.717) is 12.2 Å². The summed E-state index contributed by atoms with van der Waals surface area (Å²) in [5.41, 5.74) is 2.87. The molecule has 0 aliphatic carbocycles. The van der Waals surface area contributed by atoms with Crippen LogP contribution in [0, 0.1) is 0 Å². The fourth-order valence-corrected chi connectivity index (χ4v) is 4.43. The van der Waals surface area contributed by atoms with Gasteiger partial charge in [0, 0.05) is 24.3 Å². The van der Waals surface area contributed by atoms with E-state index in [4.69, 9.17) is 14.2 Å². The van der Waals surface area contributed by atoms with Crippen molar-refractivity contribution in [3.8, 4) is 17.2 Å². The first-order valence-corrected chi connectivity index (χ1v) is 11.6. The summed E-state index contributed by atoms with van der Waals surface area (Å²) in [6.45, 7) is 2.03. The van der Waals surface area contributed by atoms with Crippen LogP contribution in [-0.2, 0) is 6.42 Å². The number of para-hydroxylation sites is 3. The Balaban J connectivity index is 1.46. The molecule has 0 saturated carbocycles. The molecule has 1 amide bonds. The van der Waals surface area contributed by atoms with E-state index in [1.807, 2.05) is 71.6 Å². The predicted octanol–water partition coefficient (Wildman–Crippen LogP) is 4.68. The highest BCUT2D eigenvalue weighted by atomic mass is 16.5. The highest BCUT2D eigenvalue weighted by molar-refractivity contribution is 6.07. The van der Waals surface area contributed by atoms with Crippen LogP contribution in [0.5, 0.6) is 17.2 Å². The standard InChI is InChI=1S/C28H32N2O4/c1-29(18-19-34-27-11-7-6-10-26(27)33-3)20-23-15-12-21-8-4-5-9-25(21)30(23)28(31)22-13-16-24(32-2)17-14-22/h4-11,13-14,16-17,23H,12,15,18-20H2,1-3H3. The number of rotatable bonds is 9. The highest BCUT2D eigenvalue weighted by Crippen LogP contribution is 2.32. The van der Waals surface area contributed by atoms with Gasteiger partial charge >= 0.3 is 0 Å². The molecular weight excluding hydrogens is 428 g/mol. The van der Waals surface area contributed by atoms with E-state index in [0.717, 1.165) is 48.9 Å². The molecule has 0 aromatic heterocycles. The van der Waals surface area contributed by atoms with E-state index in [2.05, 4.69) is 18.0 Å². The van der Waals surface area contributed by atoms with Gasteiger partial charge in [-0.3, -0.25) is 4.79 Å². The third-order valence-electron chi connectivity index (χ3n) is 6.24. The number of likely N-dealkylation sites (N-methyl/N-ethyl adjacent to an activating group) is 1. The lowest BCUT2D eigenvalue weighted by molar-refractivity contribution is 0.0965. The first kappa shape index (κ1) is 23.6. The Morgan fingerprint density at radius 2 is 1.65 bits per heavy atom. The Bertz CT molecular complexity index is 1100. The highest BCUT2D eigenvalue weighted by Gasteiger charge is 2.32. The summed E-state index contributed by atoms with van der Waals surface area (Å²) < 4.78 is 16.6. The zero-order chi connectivity index (χ0) is 23.9. The van der Waals surface area contributed by atoms with Crippen molar-refractivity contribution >= 4 is 11.6 Å². The monoisotopic (exact) mass is 460 g/mol. The number of carbonyl (C=O) groups excluding carboxylic acids is 1. The minimum absolute atomic E-state index is 0.0125. The van der Waals surface area contributed by atoms with Gasteiger partial charge in [-0.25, -0.2) is 0 Å². The third kappa shape index (κ3) is 5.34. The van der Waals surface area contributed by atoms with E-state index in [1.165, 1.54) is 5.56 Å². The Hall–Kier alpha value is -3.51. The van der Waals surface area contributed by atoms with E-state index < -0.39 is 0 Å². The fraction of sp³-hybridized carbons (Fsp3) is 0.321. The summed E-state index contributed by atoms with van der Waals surface area (Å²) in [4.78, 5) is 17.8. The minimum Gasteiger partial charge on any atom is -0.497 e. The average Bonchev–Trinajstić information content (AvgIpc) is 2.88. The normalized spacial score (nSPS) is 15.1. The van der Waals surface area contributed by atoms with Crippen molar-refractivity contribution in [2.45, 2.75) is 18.9 Å². The van der Waals surface area contributed by atoms with Gasteiger partial charge in [-0.15, -0.1) is 0 Å². The number of amides is 1. The van der Waals surface area contributed by atoms with Crippen molar-refractivity contribution in [1.82, 2.24) is 4.90 Å². The molecule has 0 saturated heterocycles. The number of hydrogen-bond donors (Lipinski definition) is 0. The maximum atomic E-state index is 13.7. The topological polar surface area (TPSA) is 51.2 Å². The second-order valence-electron chi connectivity index (χ2n) is 8.49. The van der Waals surface area contributed by atoms with Gasteiger partial charge in [0.15, 0.2) is 11.5 Å². The minimum atomic E-state index is 0.0125. The molecule has 0 radical (unpaired) electrons. The lowest BCUT2D eigenvalue weighted by Gasteiger charge is -2.39. The van der Waals surface area contributed by atoms with Crippen molar-refractivity contribution in [1.29, 1.82) is 0 Å². The molecule has 178 valence electrons. The number of anilines is 1. The Morgan fingerprint density at radius 3 is 2.38 bits per heavy atom. The van der Waals surface area contributed by atoms with Gasteiger partial charge < -0.3 is 24.0 Å². The van der Waals surface area contributed by atoms with Crippen LogP contribution in [0.3, 0.4) is 0 Å². The van der Waals surface area contributed by atoms with E-state index in [-0.39, 0.29) is 11.9 Å². The molecular formula is C28H32N2O4. The van der Waals surface area contributed by atoms with Crippen molar-refractivity contribution in [3.63, 3.8) is 0 Å². The largest absolute Gasteiger partial charge is 0.497 e. The molecule has 0 bridgehead atoms. The second-order valence-corrected chi connectivity index (χ2v) is 8.49. The zero-order valence-electron chi connectivity index (χ0n) is 20.1. The number of nitrogens with zero attached hydrogens (tertiary/aromatic N) is 2. The van der Waals surface area contributed by atoms with Crippen molar-refractivity contribution in [3.05, 3.63) is 83.9 Å². The molecule has 0 N–H and O–H groups in total. The predicted molar refractivity (Wildman–Crippen MR) is 134 cm³/mol. The lowest BCUT2D eigenvalue weighted by Crippen LogP contribution is -2.49. The van der Waals surface area contributed by atoms with Crippen molar-refractivity contribution < 1.29 is 19.0 Å². The quantitative estimate of drug-likeness (QED) is 0.464. The Morgan fingerprint density at radius 1 is 0.941 bits per heavy atom. The van der Waals surface area contributed by atoms with Crippen LogP contribution < -0.4 is 19.1 Å². The number of carbonyl (C=O) groups is 1. The molecule has 1 unspecified atom stereocenters. The molecule has 3 aromatic carbocycles. The van der Waals surface area contributed by atoms with Gasteiger partial charge in [-0.1, -0.05) is 30.3 Å². The summed E-state index contributed by atoms with van der Waals surface area (Å²) in [5, 5.41) is 0. The number of ether oxygens (including phenoxy) is 3. The Kier molecular flexibility index (Phi) is 7.70. The summed E-state index contributed by atoms with van der Waals surface area (Å²) >= 11 is 0. The van der Waals surface area contributed by atoms with Gasteiger partial charge in [0.05, 0.1) is 20.3 Å². The van der Waals surface area contributed by atoms with Gasteiger partial charge in [-0.05, 0) is 67.9 Å². The number of methoxy groups -OCH3 is 2. The van der Waals surface area contributed by atoms with E-state index in [1.54, 1.807) is 14.2 Å². The summed E-state index contributed by atoms with van der Waals surface area (Å²) in [5.74, 6) is 2.21. The number of benzene rings is 3. The number of hydrogen-bond acceptors (Lipinski definition) is 5. The molecule has 1 heterocycles. The van der Waals surface area contributed by atoms with Crippen LogP contribution in [0.1, 0.15) is 22.3 Å². The number of aryl methyl sites for hydroxylation is 1. The molecule has 3 aromatic rings. The molecule has 34 heavy (non-hydrogen) atoms. The molecule has 4 rings (SSSR count). The second kappa shape index (κ2) is 11.1. The molecule has 1 aliphatic heterocycles. The molecule has 1 atom stereocenters. The van der Waals surface area contributed by atoms with Gasteiger partial charge in [-0.2, -0.15) is 0 Å². The number of fused-ring (bicyclic) bond motifs is 1. The molecule has 1 aliphatic rings.